The highest BCUT2D eigenvalue weighted by Crippen LogP contribution is 2.32. The Morgan fingerprint density at radius 1 is 1.00 bits per heavy atom. The molecule has 1 fully saturated rings. The van der Waals surface area contributed by atoms with E-state index in [1.165, 1.54) is 6.08 Å². The number of hydrogen-bond acceptors (Lipinski definition) is 6. The minimum Gasteiger partial charge on any atom is -0.368 e. The summed E-state index contributed by atoms with van der Waals surface area (Å²) in [4.78, 5) is 14.5. The molecule has 3 aliphatic rings. The number of aryl methyl sites for hydroxylation is 1. The van der Waals surface area contributed by atoms with Gasteiger partial charge in [0.25, 0.3) is 0 Å². The van der Waals surface area contributed by atoms with Gasteiger partial charge in [-0.1, -0.05) is 35.4 Å². The summed E-state index contributed by atoms with van der Waals surface area (Å²) in [6.07, 6.45) is 8.76. The molecule has 3 heterocycles. The van der Waals surface area contributed by atoms with Crippen LogP contribution in [0.4, 0.5) is 21.8 Å². The van der Waals surface area contributed by atoms with E-state index in [4.69, 9.17) is 33.2 Å². The first-order valence-electron chi connectivity index (χ1n) is 11.2. The number of nitrogens with zero attached hydrogens (tertiary/aromatic N) is 4. The molecule has 1 N–H and O–H groups in total. The Hall–Kier alpha value is -2.42. The summed E-state index contributed by atoms with van der Waals surface area (Å²) in [5, 5.41) is 4.44. The monoisotopic (exact) mass is 519 g/mol. The van der Waals surface area contributed by atoms with Crippen LogP contribution in [-0.2, 0) is 17.2 Å². The standard InChI is InChI=1S/C24H24Cl2FN5OS/c25-16-12-17(26)14-20(13-16)31-7-9-32(10-8-31)24-29-21-6-11-34(33)22(21)23(30-24)28-19-5-3-1-2-4-18(27)15-19/h1,3,5,12-15H,2,4,6-11H2,(H,28,29,30)/b3-1-,18-15+,19-5+. The van der Waals surface area contributed by atoms with Crippen LogP contribution in [-0.4, -0.2) is 46.1 Å². The van der Waals surface area contributed by atoms with Crippen molar-refractivity contribution >= 4 is 51.5 Å². The normalized spacial score (nSPS) is 24.4. The third kappa shape index (κ3) is 5.14. The summed E-state index contributed by atoms with van der Waals surface area (Å²) in [6.45, 7) is 2.95. The highest BCUT2D eigenvalue weighted by atomic mass is 35.5. The maximum Gasteiger partial charge on any atom is 0.227 e. The molecule has 1 aromatic carbocycles. The van der Waals surface area contributed by atoms with E-state index in [9.17, 15) is 8.60 Å². The van der Waals surface area contributed by atoms with Crippen molar-refractivity contribution in [3.63, 3.8) is 0 Å². The molecule has 10 heteroatoms. The van der Waals surface area contributed by atoms with Crippen LogP contribution in [0.1, 0.15) is 18.5 Å². The molecule has 0 spiro atoms. The minimum absolute atomic E-state index is 0.201. The van der Waals surface area contributed by atoms with Gasteiger partial charge in [-0.2, -0.15) is 4.98 Å². The SMILES string of the molecule is O=S1CCc2nc(N3CCN(c4cc(Cl)cc(Cl)c4)CC3)nc(NC3=C/C=C\CC/C(F)=C\3)c21. The molecule has 34 heavy (non-hydrogen) atoms. The zero-order valence-corrected chi connectivity index (χ0v) is 20.8. The first kappa shape index (κ1) is 23.3. The number of rotatable bonds is 4. The summed E-state index contributed by atoms with van der Waals surface area (Å²) in [7, 11) is -1.18. The van der Waals surface area contributed by atoms with E-state index in [1.54, 1.807) is 12.1 Å². The molecule has 0 amide bonds. The van der Waals surface area contributed by atoms with Gasteiger partial charge >= 0.3 is 0 Å². The van der Waals surface area contributed by atoms with Crippen molar-refractivity contribution < 1.29 is 8.60 Å². The van der Waals surface area contributed by atoms with Crippen molar-refractivity contribution in [2.24, 2.45) is 0 Å². The van der Waals surface area contributed by atoms with Gasteiger partial charge in [-0.3, -0.25) is 4.21 Å². The third-order valence-electron chi connectivity index (χ3n) is 5.99. The average molecular weight is 520 g/mol. The van der Waals surface area contributed by atoms with Crippen LogP contribution in [0.5, 0.6) is 0 Å². The molecule has 5 rings (SSSR count). The Balaban J connectivity index is 1.39. The summed E-state index contributed by atoms with van der Waals surface area (Å²) in [5.74, 6) is 1.40. The third-order valence-corrected chi connectivity index (χ3v) is 7.88. The Kier molecular flexibility index (Phi) is 6.90. The molecular weight excluding hydrogens is 496 g/mol. The lowest BCUT2D eigenvalue weighted by Crippen LogP contribution is -2.47. The van der Waals surface area contributed by atoms with Gasteiger partial charge in [0.1, 0.15) is 10.7 Å². The lowest BCUT2D eigenvalue weighted by Gasteiger charge is -2.36. The van der Waals surface area contributed by atoms with E-state index < -0.39 is 10.8 Å². The van der Waals surface area contributed by atoms with Crippen molar-refractivity contribution in [3.05, 3.63) is 69.8 Å². The molecular formula is C24H24Cl2FN5OS. The van der Waals surface area contributed by atoms with Crippen LogP contribution in [0.25, 0.3) is 0 Å². The summed E-state index contributed by atoms with van der Waals surface area (Å²) in [5.41, 5.74) is 2.36. The molecule has 178 valence electrons. The van der Waals surface area contributed by atoms with Crippen LogP contribution in [0.2, 0.25) is 10.0 Å². The number of allylic oxidation sites excluding steroid dienone is 5. The van der Waals surface area contributed by atoms with E-state index in [1.807, 2.05) is 24.3 Å². The molecule has 1 saturated heterocycles. The van der Waals surface area contributed by atoms with Gasteiger partial charge in [0, 0.05) is 66.2 Å². The molecule has 1 unspecified atom stereocenters. The van der Waals surface area contributed by atoms with Gasteiger partial charge in [0.2, 0.25) is 5.95 Å². The van der Waals surface area contributed by atoms with Crippen LogP contribution in [0, 0.1) is 0 Å². The summed E-state index contributed by atoms with van der Waals surface area (Å²) in [6, 6.07) is 5.55. The average Bonchev–Trinajstić information content (AvgIpc) is 3.17. The van der Waals surface area contributed by atoms with Gasteiger partial charge in [0.15, 0.2) is 5.82 Å². The predicted octanol–water partition coefficient (Wildman–Crippen LogP) is 5.27. The molecule has 6 nitrogen and oxygen atoms in total. The fourth-order valence-corrected chi connectivity index (χ4v) is 6.11. The molecule has 1 aromatic heterocycles. The van der Waals surface area contributed by atoms with Gasteiger partial charge in [-0.25, -0.2) is 9.37 Å². The smallest absolute Gasteiger partial charge is 0.227 e. The zero-order chi connectivity index (χ0) is 23.7. The fraction of sp³-hybridized carbons (Fsp3) is 0.333. The fourth-order valence-electron chi connectivity index (χ4n) is 4.29. The van der Waals surface area contributed by atoms with Crippen molar-refractivity contribution in [2.45, 2.75) is 24.2 Å². The van der Waals surface area contributed by atoms with Crippen molar-refractivity contribution in [1.82, 2.24) is 9.97 Å². The molecule has 2 aliphatic heterocycles. The largest absolute Gasteiger partial charge is 0.368 e. The number of anilines is 3. The predicted molar refractivity (Wildman–Crippen MR) is 137 cm³/mol. The number of halogens is 3. The lowest BCUT2D eigenvalue weighted by molar-refractivity contribution is 0.590. The Morgan fingerprint density at radius 2 is 1.74 bits per heavy atom. The van der Waals surface area contributed by atoms with Gasteiger partial charge in [-0.05, 0) is 36.8 Å². The topological polar surface area (TPSA) is 61.4 Å². The maximum absolute atomic E-state index is 14.1. The van der Waals surface area contributed by atoms with E-state index in [-0.39, 0.29) is 5.83 Å². The molecule has 1 aliphatic carbocycles. The number of fused-ring (bicyclic) bond motifs is 1. The Morgan fingerprint density at radius 3 is 2.50 bits per heavy atom. The van der Waals surface area contributed by atoms with Crippen molar-refractivity contribution in [3.8, 4) is 0 Å². The van der Waals surface area contributed by atoms with Gasteiger partial charge in [-0.15, -0.1) is 0 Å². The quantitative estimate of drug-likeness (QED) is 0.593. The van der Waals surface area contributed by atoms with Crippen LogP contribution in [0.15, 0.2) is 58.9 Å². The molecule has 0 bridgehead atoms. The van der Waals surface area contributed by atoms with E-state index >= 15 is 0 Å². The second-order valence-corrected chi connectivity index (χ2v) is 10.7. The van der Waals surface area contributed by atoms with Crippen molar-refractivity contribution in [1.29, 1.82) is 0 Å². The number of nitrogens with one attached hydrogen (secondary N) is 1. The number of aromatic nitrogens is 2. The second kappa shape index (κ2) is 10.1. The number of benzene rings is 1. The van der Waals surface area contributed by atoms with E-state index in [0.29, 0.717) is 70.5 Å². The Labute approximate surface area is 210 Å². The zero-order valence-electron chi connectivity index (χ0n) is 18.4. The first-order chi connectivity index (χ1) is 16.5. The van der Waals surface area contributed by atoms with Gasteiger partial charge in [0.05, 0.1) is 16.5 Å². The highest BCUT2D eigenvalue weighted by molar-refractivity contribution is 7.85. The lowest BCUT2D eigenvalue weighted by atomic mass is 10.2. The van der Waals surface area contributed by atoms with Crippen LogP contribution >= 0.6 is 23.2 Å². The van der Waals surface area contributed by atoms with Gasteiger partial charge < -0.3 is 15.1 Å². The van der Waals surface area contributed by atoms with Crippen LogP contribution in [0.3, 0.4) is 0 Å². The second-order valence-electron chi connectivity index (χ2n) is 8.35. The minimum atomic E-state index is -1.18. The number of piperazine rings is 1. The first-order valence-corrected chi connectivity index (χ1v) is 13.3. The van der Waals surface area contributed by atoms with E-state index in [2.05, 4.69) is 15.1 Å². The maximum atomic E-state index is 14.1. The molecule has 0 saturated carbocycles. The molecule has 0 radical (unpaired) electrons. The molecule has 1 atom stereocenters. The van der Waals surface area contributed by atoms with Crippen LogP contribution < -0.4 is 15.1 Å². The highest BCUT2D eigenvalue weighted by Gasteiger charge is 2.28. The summed E-state index contributed by atoms with van der Waals surface area (Å²) < 4.78 is 26.8. The molecule has 2 aromatic rings. The Bertz CT molecular complexity index is 1200. The summed E-state index contributed by atoms with van der Waals surface area (Å²) >= 11 is 12.4. The number of hydrogen-bond donors (Lipinski definition) is 1. The van der Waals surface area contributed by atoms with E-state index in [0.717, 1.165) is 24.5 Å². The van der Waals surface area contributed by atoms with Crippen molar-refractivity contribution in [2.75, 3.05) is 47.0 Å².